The van der Waals surface area contributed by atoms with Crippen LogP contribution in [0.3, 0.4) is 0 Å². The first-order chi connectivity index (χ1) is 4.86. The Kier molecular flexibility index (Phi) is 2.39. The minimum absolute atomic E-state index is 1.08. The fourth-order valence-corrected chi connectivity index (χ4v) is 6.92. The number of hydrogen-bond acceptors (Lipinski definition) is 5. The summed E-state index contributed by atoms with van der Waals surface area (Å²) in [5.74, 6) is 2.50. The van der Waals surface area contributed by atoms with Crippen LogP contribution >= 0.6 is 58.4 Å². The van der Waals surface area contributed by atoms with Crippen molar-refractivity contribution in [3.8, 4) is 0 Å². The largest absolute Gasteiger partial charge is 0.145 e. The van der Waals surface area contributed by atoms with Gasteiger partial charge in [-0.3, -0.25) is 0 Å². The second-order valence-corrected chi connectivity index (χ2v) is 7.68. The molecule has 0 radical (unpaired) electrons. The Balaban J connectivity index is 2.50. The lowest BCUT2D eigenvalue weighted by molar-refractivity contribution is 1.42. The van der Waals surface area contributed by atoms with Gasteiger partial charge in [-0.1, -0.05) is 12.2 Å². The van der Waals surface area contributed by atoms with Crippen molar-refractivity contribution < 1.29 is 0 Å². The van der Waals surface area contributed by atoms with Crippen LogP contribution in [0.25, 0.3) is 0 Å². The summed E-state index contributed by atoms with van der Waals surface area (Å²) in [6.45, 7) is 0. The van der Waals surface area contributed by atoms with E-state index in [2.05, 4.69) is 0 Å². The molecule has 0 saturated heterocycles. The van der Waals surface area contributed by atoms with E-state index in [0.717, 1.165) is 3.14 Å². The van der Waals surface area contributed by atoms with Gasteiger partial charge in [-0.2, -0.15) is 0 Å². The summed E-state index contributed by atoms with van der Waals surface area (Å²) in [6, 6.07) is 0. The molecule has 0 spiro atoms. The molecule has 5 heteroatoms. The average Bonchev–Trinajstić information content (AvgIpc) is 2.27. The van der Waals surface area contributed by atoms with E-state index < -0.39 is 0 Å². The highest BCUT2D eigenvalue weighted by Crippen LogP contribution is 2.44. The third kappa shape index (κ3) is 1.43. The highest BCUT2D eigenvalue weighted by molar-refractivity contribution is 8.08. The summed E-state index contributed by atoms with van der Waals surface area (Å²) in [5, 5.41) is 0. The molecule has 0 saturated carbocycles. The van der Waals surface area contributed by atoms with Gasteiger partial charge in [0, 0.05) is 11.5 Å². The van der Waals surface area contributed by atoms with E-state index in [-0.39, 0.29) is 0 Å². The van der Waals surface area contributed by atoms with Gasteiger partial charge in [-0.25, -0.2) is 0 Å². The average molecular weight is 224 g/mol. The van der Waals surface area contributed by atoms with Crippen molar-refractivity contribution in [2.75, 3.05) is 11.5 Å². The molecule has 0 N–H and O–H groups in total. The fraction of sp³-hybridized carbons (Fsp3) is 0.400. The third-order valence-electron chi connectivity index (χ3n) is 1.07. The number of fused-ring (bicyclic) bond motifs is 1. The maximum atomic E-state index is 5.09. The van der Waals surface area contributed by atoms with E-state index in [1.807, 2.05) is 23.5 Å². The van der Waals surface area contributed by atoms with Crippen LogP contribution in [0, 0.1) is 3.14 Å². The Labute approximate surface area is 81.1 Å². The zero-order valence-corrected chi connectivity index (χ0v) is 9.04. The molecule has 2 rings (SSSR count). The van der Waals surface area contributed by atoms with Gasteiger partial charge in [-0.15, -0.1) is 46.2 Å². The molecule has 0 aliphatic carbocycles. The molecule has 1 aromatic heterocycles. The molecule has 0 amide bonds. The zero-order valence-electron chi connectivity index (χ0n) is 4.96. The van der Waals surface area contributed by atoms with Gasteiger partial charge in [-0.05, 0) is 0 Å². The van der Waals surface area contributed by atoms with E-state index in [9.17, 15) is 0 Å². The molecule has 54 valence electrons. The highest BCUT2D eigenvalue weighted by atomic mass is 32.2. The molecule has 0 atom stereocenters. The molecule has 1 aliphatic heterocycles. The van der Waals surface area contributed by atoms with E-state index in [4.69, 9.17) is 12.2 Å². The second kappa shape index (κ2) is 3.15. The molecular formula is C5H4S5. The molecule has 0 fully saturated rings. The molecule has 1 aromatic rings. The standard InChI is InChI=1S/C5H4S5/c6-5-9-3-4(10-5)8-2-1-7-3/h1-2H2. The highest BCUT2D eigenvalue weighted by Gasteiger charge is 2.12. The molecular weight excluding hydrogens is 220 g/mol. The lowest BCUT2D eigenvalue weighted by atomic mass is 11.0. The van der Waals surface area contributed by atoms with E-state index in [1.54, 1.807) is 22.7 Å². The molecule has 0 nitrogen and oxygen atoms in total. The van der Waals surface area contributed by atoms with Gasteiger partial charge >= 0.3 is 0 Å². The van der Waals surface area contributed by atoms with Crippen molar-refractivity contribution in [1.82, 2.24) is 0 Å². The summed E-state index contributed by atoms with van der Waals surface area (Å²) < 4.78 is 3.98. The number of thioether (sulfide) groups is 2. The summed E-state index contributed by atoms with van der Waals surface area (Å²) in [4.78, 5) is 0. The first-order valence-corrected chi connectivity index (χ1v) is 6.77. The van der Waals surface area contributed by atoms with Crippen LogP contribution in [-0.4, -0.2) is 11.5 Å². The van der Waals surface area contributed by atoms with E-state index >= 15 is 0 Å². The molecule has 0 aromatic carbocycles. The van der Waals surface area contributed by atoms with Crippen molar-refractivity contribution in [2.45, 2.75) is 8.42 Å². The van der Waals surface area contributed by atoms with Crippen molar-refractivity contribution >= 4 is 58.4 Å². The van der Waals surface area contributed by atoms with Crippen LogP contribution in [0.4, 0.5) is 0 Å². The van der Waals surface area contributed by atoms with E-state index in [1.165, 1.54) is 19.9 Å². The minimum Gasteiger partial charge on any atom is -0.113 e. The SMILES string of the molecule is S=c1sc2c(s1)SCCS2. The molecule has 10 heavy (non-hydrogen) atoms. The fourth-order valence-electron chi connectivity index (χ4n) is 0.701. The van der Waals surface area contributed by atoms with Gasteiger partial charge < -0.3 is 0 Å². The minimum atomic E-state index is 1.08. The molecule has 0 unspecified atom stereocenters. The van der Waals surface area contributed by atoms with Crippen molar-refractivity contribution in [3.63, 3.8) is 0 Å². The second-order valence-electron chi connectivity index (χ2n) is 1.73. The topological polar surface area (TPSA) is 0 Å². The maximum absolute atomic E-state index is 5.09. The summed E-state index contributed by atoms with van der Waals surface area (Å²) in [7, 11) is 0. The maximum Gasteiger partial charge on any atom is 0.145 e. The Bertz CT molecular complexity index is 256. The van der Waals surface area contributed by atoms with Gasteiger partial charge in [0.2, 0.25) is 0 Å². The van der Waals surface area contributed by atoms with Crippen LogP contribution < -0.4 is 0 Å². The van der Waals surface area contributed by atoms with Crippen LogP contribution in [-0.2, 0) is 0 Å². The van der Waals surface area contributed by atoms with Crippen LogP contribution in [0.5, 0.6) is 0 Å². The Morgan fingerprint density at radius 2 is 1.50 bits per heavy atom. The molecule has 2 heterocycles. The monoisotopic (exact) mass is 224 g/mol. The smallest absolute Gasteiger partial charge is 0.113 e. The quantitative estimate of drug-likeness (QED) is 0.616. The Hall–Kier alpha value is 0.970. The van der Waals surface area contributed by atoms with Crippen LogP contribution in [0.2, 0.25) is 0 Å². The first kappa shape index (κ1) is 7.61. The normalized spacial score (nSPS) is 16.8. The van der Waals surface area contributed by atoms with Gasteiger partial charge in [0.25, 0.3) is 0 Å². The number of hydrogen-bond donors (Lipinski definition) is 0. The Morgan fingerprint density at radius 1 is 1.00 bits per heavy atom. The van der Waals surface area contributed by atoms with Crippen LogP contribution in [0.1, 0.15) is 0 Å². The van der Waals surface area contributed by atoms with Gasteiger partial charge in [0.15, 0.2) is 0 Å². The summed E-state index contributed by atoms with van der Waals surface area (Å²) in [5.41, 5.74) is 0. The zero-order chi connectivity index (χ0) is 6.97. The van der Waals surface area contributed by atoms with Gasteiger partial charge in [0.05, 0.1) is 8.42 Å². The van der Waals surface area contributed by atoms with Crippen molar-refractivity contribution in [3.05, 3.63) is 3.14 Å². The lowest BCUT2D eigenvalue weighted by Crippen LogP contribution is -1.87. The lowest BCUT2D eigenvalue weighted by Gasteiger charge is -2.06. The van der Waals surface area contributed by atoms with Crippen molar-refractivity contribution in [1.29, 1.82) is 0 Å². The Morgan fingerprint density at radius 3 is 2.00 bits per heavy atom. The summed E-state index contributed by atoms with van der Waals surface area (Å²) in [6.07, 6.45) is 0. The van der Waals surface area contributed by atoms with Crippen LogP contribution in [0.15, 0.2) is 8.42 Å². The predicted molar refractivity (Wildman–Crippen MR) is 54.5 cm³/mol. The summed E-state index contributed by atoms with van der Waals surface area (Å²) >= 11 is 12.5. The third-order valence-corrected chi connectivity index (χ3v) is 6.91. The van der Waals surface area contributed by atoms with Gasteiger partial charge in [0.1, 0.15) is 3.14 Å². The van der Waals surface area contributed by atoms with Crippen molar-refractivity contribution in [2.24, 2.45) is 0 Å². The predicted octanol–water partition coefficient (Wildman–Crippen LogP) is 3.74. The first-order valence-electron chi connectivity index (χ1n) is 2.76. The molecule has 0 bridgehead atoms. The number of rotatable bonds is 0. The molecule has 1 aliphatic rings. The van der Waals surface area contributed by atoms with E-state index in [0.29, 0.717) is 0 Å².